The minimum atomic E-state index is -3.68. The molecule has 1 aromatic carbocycles. The van der Waals surface area contributed by atoms with Gasteiger partial charge in [-0.1, -0.05) is 6.07 Å². The second-order valence-electron chi connectivity index (χ2n) is 9.25. The third-order valence-corrected chi connectivity index (χ3v) is 7.69. The van der Waals surface area contributed by atoms with Gasteiger partial charge in [0, 0.05) is 45.0 Å². The van der Waals surface area contributed by atoms with Crippen LogP contribution in [0.4, 0.5) is 11.5 Å². The Morgan fingerprint density at radius 1 is 1.32 bits per heavy atom. The van der Waals surface area contributed by atoms with Crippen LogP contribution in [0.3, 0.4) is 0 Å². The average Bonchev–Trinajstić information content (AvgIpc) is 3.24. The first-order valence-corrected chi connectivity index (χ1v) is 13.5. The van der Waals surface area contributed by atoms with Gasteiger partial charge in [-0.3, -0.25) is 5.32 Å². The summed E-state index contributed by atoms with van der Waals surface area (Å²) in [5.41, 5.74) is 2.32. The quantitative estimate of drug-likeness (QED) is 0.181. The number of benzene rings is 1. The molecule has 1 saturated heterocycles. The molecule has 196 valence electrons. The fraction of sp³-hybridized carbons (Fsp3) is 0.417. The van der Waals surface area contributed by atoms with E-state index in [1.54, 1.807) is 18.5 Å². The van der Waals surface area contributed by atoms with Crippen LogP contribution in [0.2, 0.25) is 0 Å². The third-order valence-electron chi connectivity index (χ3n) is 6.23. The highest BCUT2D eigenvalue weighted by Gasteiger charge is 2.28. The summed E-state index contributed by atoms with van der Waals surface area (Å²) < 4.78 is 28.1. The van der Waals surface area contributed by atoms with Gasteiger partial charge in [-0.15, -0.1) is 0 Å². The number of nitrogens with one attached hydrogen (secondary N) is 3. The Bertz CT molecular complexity index is 1430. The van der Waals surface area contributed by atoms with Crippen LogP contribution in [0.1, 0.15) is 12.5 Å². The van der Waals surface area contributed by atoms with Crippen molar-refractivity contribution in [2.75, 3.05) is 51.7 Å². The molecule has 0 saturated carbocycles. The highest BCUT2D eigenvalue weighted by atomic mass is 32.2. The van der Waals surface area contributed by atoms with Crippen molar-refractivity contribution in [3.63, 3.8) is 0 Å². The van der Waals surface area contributed by atoms with E-state index in [4.69, 9.17) is 0 Å². The van der Waals surface area contributed by atoms with Gasteiger partial charge < -0.3 is 19.7 Å². The Hall–Kier alpha value is -3.73. The standard InChI is InChI=1S/C24H32N10O2S/c1-17-13-26-22-21(17)23(29-16-28-22)33-10-11-34(18(2)14-33)24(27-15-25)31-19-6-5-7-20(12-19)37(35,36)30-8-9-32(3)4/h5-7,12-13,16,18,30H,8-11,14H2,1-4H3,(H,27,31)(H,26,28,29)/t18-/m0/s1. The molecule has 13 heteroatoms. The maximum atomic E-state index is 12.7. The van der Waals surface area contributed by atoms with Crippen LogP contribution >= 0.6 is 0 Å². The molecule has 2 aromatic heterocycles. The van der Waals surface area contributed by atoms with Gasteiger partial charge >= 0.3 is 0 Å². The third kappa shape index (κ3) is 5.99. The SMILES string of the molecule is Cc1c[nH]c2ncnc(N3CCN(C(=Nc4cccc(S(=O)(=O)NCCN(C)C)c4)NC#N)[C@@H](C)C3)c12. The van der Waals surface area contributed by atoms with Crippen molar-refractivity contribution in [3.05, 3.63) is 42.4 Å². The molecule has 0 amide bonds. The zero-order chi connectivity index (χ0) is 26.6. The summed E-state index contributed by atoms with van der Waals surface area (Å²) in [4.78, 5) is 22.9. The lowest BCUT2D eigenvalue weighted by molar-refractivity contribution is 0.291. The lowest BCUT2D eigenvalue weighted by Gasteiger charge is -2.41. The molecule has 12 nitrogen and oxygen atoms in total. The van der Waals surface area contributed by atoms with E-state index in [0.717, 1.165) is 22.4 Å². The van der Waals surface area contributed by atoms with Crippen LogP contribution in [-0.2, 0) is 10.0 Å². The summed E-state index contributed by atoms with van der Waals surface area (Å²) in [6.45, 7) is 6.88. The van der Waals surface area contributed by atoms with Crippen LogP contribution in [-0.4, -0.2) is 92.0 Å². The van der Waals surface area contributed by atoms with Crippen molar-refractivity contribution in [1.82, 2.24) is 34.8 Å². The van der Waals surface area contributed by atoms with Gasteiger partial charge in [0.1, 0.15) is 17.8 Å². The van der Waals surface area contributed by atoms with Crippen LogP contribution in [0, 0.1) is 18.4 Å². The minimum absolute atomic E-state index is 0.00257. The molecular weight excluding hydrogens is 492 g/mol. The maximum absolute atomic E-state index is 12.7. The molecule has 1 aliphatic heterocycles. The number of hydrogen-bond acceptors (Lipinski definition) is 8. The van der Waals surface area contributed by atoms with Gasteiger partial charge in [0.25, 0.3) is 0 Å². The maximum Gasteiger partial charge on any atom is 0.240 e. The molecule has 1 atom stereocenters. The number of sulfonamides is 1. The number of nitrogens with zero attached hydrogens (tertiary/aromatic N) is 7. The molecule has 3 heterocycles. The van der Waals surface area contributed by atoms with E-state index < -0.39 is 10.0 Å². The monoisotopic (exact) mass is 524 g/mol. The molecule has 0 spiro atoms. The van der Waals surface area contributed by atoms with Crippen molar-refractivity contribution in [1.29, 1.82) is 5.26 Å². The number of anilines is 1. The summed E-state index contributed by atoms with van der Waals surface area (Å²) in [7, 11) is 0.0741. The van der Waals surface area contributed by atoms with Crippen molar-refractivity contribution in [2.45, 2.75) is 24.8 Å². The van der Waals surface area contributed by atoms with E-state index >= 15 is 0 Å². The molecule has 0 radical (unpaired) electrons. The number of aliphatic imine (C=N–C) groups is 1. The number of hydrogen-bond donors (Lipinski definition) is 3. The molecule has 0 bridgehead atoms. The van der Waals surface area contributed by atoms with Crippen LogP contribution in [0.5, 0.6) is 0 Å². The number of aromatic nitrogens is 3. The Morgan fingerprint density at radius 2 is 2.14 bits per heavy atom. The predicted octanol–water partition coefficient (Wildman–Crippen LogP) is 1.38. The first kappa shape index (κ1) is 26.3. The van der Waals surface area contributed by atoms with E-state index in [9.17, 15) is 13.7 Å². The molecule has 4 rings (SSSR count). The fourth-order valence-corrected chi connectivity index (χ4v) is 5.41. The number of nitriles is 1. The number of guanidine groups is 1. The van der Waals surface area contributed by atoms with Crippen molar-refractivity contribution < 1.29 is 8.42 Å². The van der Waals surface area contributed by atoms with E-state index in [-0.39, 0.29) is 10.9 Å². The zero-order valence-corrected chi connectivity index (χ0v) is 22.2. The number of rotatable bonds is 7. The fourth-order valence-electron chi connectivity index (χ4n) is 4.35. The summed E-state index contributed by atoms with van der Waals surface area (Å²) in [6.07, 6.45) is 5.45. The second kappa shape index (κ2) is 11.1. The smallest absolute Gasteiger partial charge is 0.240 e. The minimum Gasteiger partial charge on any atom is -0.352 e. The van der Waals surface area contributed by atoms with Crippen molar-refractivity contribution in [3.8, 4) is 6.19 Å². The number of aryl methyl sites for hydroxylation is 1. The van der Waals surface area contributed by atoms with Crippen LogP contribution < -0.4 is 14.9 Å². The Balaban J connectivity index is 1.54. The topological polar surface area (TPSA) is 146 Å². The summed E-state index contributed by atoms with van der Waals surface area (Å²) in [5, 5.41) is 13.1. The predicted molar refractivity (Wildman–Crippen MR) is 143 cm³/mol. The van der Waals surface area contributed by atoms with Crippen molar-refractivity contribution in [2.24, 2.45) is 4.99 Å². The summed E-state index contributed by atoms with van der Waals surface area (Å²) >= 11 is 0. The highest BCUT2D eigenvalue weighted by Crippen LogP contribution is 2.28. The van der Waals surface area contributed by atoms with Gasteiger partial charge in [-0.05, 0) is 51.7 Å². The molecule has 3 N–H and O–H groups in total. The molecule has 37 heavy (non-hydrogen) atoms. The Labute approximate surface area is 217 Å². The zero-order valence-electron chi connectivity index (χ0n) is 21.4. The lowest BCUT2D eigenvalue weighted by Crippen LogP contribution is -2.56. The largest absolute Gasteiger partial charge is 0.352 e. The Morgan fingerprint density at radius 3 is 2.86 bits per heavy atom. The number of piperazine rings is 1. The molecule has 1 fully saturated rings. The molecule has 1 aliphatic rings. The number of H-pyrrole nitrogens is 1. The van der Waals surface area contributed by atoms with E-state index in [1.165, 1.54) is 12.1 Å². The van der Waals surface area contributed by atoms with Gasteiger partial charge in [0.2, 0.25) is 16.0 Å². The number of likely N-dealkylation sites (N-methyl/N-ethyl adjacent to an activating group) is 1. The highest BCUT2D eigenvalue weighted by molar-refractivity contribution is 7.89. The first-order valence-electron chi connectivity index (χ1n) is 12.0. The molecular formula is C24H32N10O2S. The summed E-state index contributed by atoms with van der Waals surface area (Å²) in [6, 6.07) is 6.39. The van der Waals surface area contributed by atoms with Crippen LogP contribution in [0.15, 0.2) is 46.7 Å². The van der Waals surface area contributed by atoms with E-state index in [2.05, 4.69) is 41.8 Å². The second-order valence-corrected chi connectivity index (χ2v) is 11.0. The lowest BCUT2D eigenvalue weighted by atomic mass is 10.1. The Kier molecular flexibility index (Phi) is 7.91. The van der Waals surface area contributed by atoms with E-state index in [0.29, 0.717) is 44.4 Å². The number of aromatic amines is 1. The number of fused-ring (bicyclic) bond motifs is 1. The van der Waals surface area contributed by atoms with Crippen LogP contribution in [0.25, 0.3) is 11.0 Å². The van der Waals surface area contributed by atoms with Gasteiger partial charge in [0.15, 0.2) is 6.19 Å². The molecule has 3 aromatic rings. The first-order chi connectivity index (χ1) is 17.7. The van der Waals surface area contributed by atoms with Crippen molar-refractivity contribution >= 4 is 38.5 Å². The molecule has 0 unspecified atom stereocenters. The normalized spacial score (nSPS) is 16.9. The van der Waals surface area contributed by atoms with Gasteiger partial charge in [-0.2, -0.15) is 5.26 Å². The van der Waals surface area contributed by atoms with E-state index in [1.807, 2.05) is 43.2 Å². The van der Waals surface area contributed by atoms with Gasteiger partial charge in [0.05, 0.1) is 16.0 Å². The molecule has 0 aliphatic carbocycles. The van der Waals surface area contributed by atoms with Gasteiger partial charge in [-0.25, -0.2) is 28.1 Å². The summed E-state index contributed by atoms with van der Waals surface area (Å²) in [5.74, 6) is 1.25. The average molecular weight is 525 g/mol.